The van der Waals surface area contributed by atoms with Gasteiger partial charge in [0.1, 0.15) is 0 Å². The molecule has 2 aromatic rings. The van der Waals surface area contributed by atoms with Crippen molar-refractivity contribution in [3.63, 3.8) is 0 Å². The largest absolute Gasteiger partial charge is 0.348 e. The summed E-state index contributed by atoms with van der Waals surface area (Å²) in [6, 6.07) is 0.532. The van der Waals surface area contributed by atoms with E-state index in [4.69, 9.17) is 0 Å². The van der Waals surface area contributed by atoms with Crippen LogP contribution in [0, 0.1) is 5.92 Å². The first kappa shape index (κ1) is 15.5. The topological polar surface area (TPSA) is 49.6 Å². The molecule has 5 nitrogen and oxygen atoms in total. The Balaban J connectivity index is 1.56. The van der Waals surface area contributed by atoms with Crippen molar-refractivity contribution in [1.82, 2.24) is 19.6 Å². The summed E-state index contributed by atoms with van der Waals surface area (Å²) in [5.41, 5.74) is 0.930. The lowest BCUT2D eigenvalue weighted by atomic mass is 9.95. The molecule has 0 radical (unpaired) electrons. The van der Waals surface area contributed by atoms with Crippen molar-refractivity contribution in [1.29, 1.82) is 0 Å². The number of aromatic nitrogens is 2. The normalized spacial score (nSPS) is 18.9. The van der Waals surface area contributed by atoms with Gasteiger partial charge in [0.25, 0.3) is 0 Å². The number of nitrogens with one attached hydrogen (secondary N) is 1. The Kier molecular flexibility index (Phi) is 4.49. The predicted molar refractivity (Wildman–Crippen MR) is 89.1 cm³/mol. The van der Waals surface area contributed by atoms with Crippen LogP contribution in [0.5, 0.6) is 0 Å². The molecule has 1 amide bonds. The number of carbonyl (C=O) groups excluding carboxylic acids is 1. The molecule has 0 saturated carbocycles. The summed E-state index contributed by atoms with van der Waals surface area (Å²) in [5, 5.41) is 5.14. The first-order valence-electron chi connectivity index (χ1n) is 8.01. The van der Waals surface area contributed by atoms with Gasteiger partial charge in [0.15, 0.2) is 4.96 Å². The lowest BCUT2D eigenvalue weighted by molar-refractivity contribution is -0.127. The van der Waals surface area contributed by atoms with Gasteiger partial charge in [-0.2, -0.15) is 0 Å². The van der Waals surface area contributed by atoms with Crippen LogP contribution in [0.4, 0.5) is 0 Å². The third-order valence-corrected chi connectivity index (χ3v) is 5.32. The number of fused-ring (bicyclic) bond motifs is 1. The highest BCUT2D eigenvalue weighted by molar-refractivity contribution is 7.15. The Hall–Kier alpha value is -1.40. The van der Waals surface area contributed by atoms with Gasteiger partial charge in [-0.15, -0.1) is 11.3 Å². The fourth-order valence-corrected chi connectivity index (χ4v) is 3.74. The van der Waals surface area contributed by atoms with E-state index >= 15 is 0 Å². The standard InChI is InChI=1S/C16H24N4OS/c1-11(2)19-6-4-13(5-7-19)15(21)17-12(3)14-10-20-8-9-22-16(20)18-14/h8-13H,4-7H2,1-3H3,(H,17,21). The van der Waals surface area contributed by atoms with E-state index in [1.165, 1.54) is 0 Å². The highest BCUT2D eigenvalue weighted by atomic mass is 32.1. The Morgan fingerprint density at radius 3 is 2.73 bits per heavy atom. The number of amides is 1. The van der Waals surface area contributed by atoms with Crippen molar-refractivity contribution in [2.75, 3.05) is 13.1 Å². The number of hydrogen-bond acceptors (Lipinski definition) is 4. The number of imidazole rings is 1. The molecule has 0 spiro atoms. The Morgan fingerprint density at radius 2 is 2.09 bits per heavy atom. The third kappa shape index (κ3) is 3.17. The van der Waals surface area contributed by atoms with Crippen LogP contribution in [-0.4, -0.2) is 39.3 Å². The number of piperidine rings is 1. The van der Waals surface area contributed by atoms with E-state index in [9.17, 15) is 4.79 Å². The molecule has 3 heterocycles. The molecule has 0 aliphatic carbocycles. The average molecular weight is 320 g/mol. The number of hydrogen-bond donors (Lipinski definition) is 1. The molecule has 2 aromatic heterocycles. The minimum atomic E-state index is -0.0391. The van der Waals surface area contributed by atoms with Crippen LogP contribution in [0.1, 0.15) is 45.3 Å². The molecular weight excluding hydrogens is 296 g/mol. The highest BCUT2D eigenvalue weighted by Gasteiger charge is 2.27. The van der Waals surface area contributed by atoms with E-state index in [1.807, 2.05) is 29.1 Å². The Morgan fingerprint density at radius 1 is 1.36 bits per heavy atom. The smallest absolute Gasteiger partial charge is 0.223 e. The van der Waals surface area contributed by atoms with E-state index in [1.54, 1.807) is 11.3 Å². The quantitative estimate of drug-likeness (QED) is 0.942. The molecule has 1 atom stereocenters. The average Bonchev–Trinajstić information content (AvgIpc) is 3.08. The van der Waals surface area contributed by atoms with E-state index in [-0.39, 0.29) is 17.9 Å². The van der Waals surface area contributed by atoms with Crippen molar-refractivity contribution in [2.45, 2.75) is 45.7 Å². The molecule has 1 saturated heterocycles. The molecule has 120 valence electrons. The Bertz CT molecular complexity index is 611. The summed E-state index contributed by atoms with van der Waals surface area (Å²) in [6.45, 7) is 8.47. The van der Waals surface area contributed by atoms with Crippen molar-refractivity contribution in [2.24, 2.45) is 5.92 Å². The molecule has 3 rings (SSSR count). The molecule has 1 aliphatic rings. The van der Waals surface area contributed by atoms with Gasteiger partial charge in [-0.05, 0) is 46.7 Å². The van der Waals surface area contributed by atoms with Crippen LogP contribution in [0.15, 0.2) is 17.8 Å². The van der Waals surface area contributed by atoms with E-state index in [2.05, 4.69) is 29.0 Å². The minimum Gasteiger partial charge on any atom is -0.348 e. The summed E-state index contributed by atoms with van der Waals surface area (Å²) in [4.78, 5) is 20.4. The number of thiazole rings is 1. The number of nitrogens with zero attached hydrogens (tertiary/aromatic N) is 3. The monoisotopic (exact) mass is 320 g/mol. The van der Waals surface area contributed by atoms with Crippen LogP contribution in [-0.2, 0) is 4.79 Å². The maximum Gasteiger partial charge on any atom is 0.223 e. The summed E-state index contributed by atoms with van der Waals surface area (Å²) in [7, 11) is 0. The van der Waals surface area contributed by atoms with Gasteiger partial charge in [-0.3, -0.25) is 9.20 Å². The minimum absolute atomic E-state index is 0.0391. The molecular formula is C16H24N4OS. The highest BCUT2D eigenvalue weighted by Crippen LogP contribution is 2.21. The molecule has 1 fully saturated rings. The van der Waals surface area contributed by atoms with Crippen molar-refractivity contribution in [3.8, 4) is 0 Å². The summed E-state index contributed by atoms with van der Waals surface area (Å²) >= 11 is 1.61. The molecule has 1 N–H and O–H groups in total. The van der Waals surface area contributed by atoms with Crippen LogP contribution < -0.4 is 5.32 Å². The van der Waals surface area contributed by atoms with E-state index < -0.39 is 0 Å². The number of likely N-dealkylation sites (tertiary alicyclic amines) is 1. The SMILES string of the molecule is CC(NC(=O)C1CCN(C(C)C)CC1)c1cn2ccsc2n1. The van der Waals surface area contributed by atoms with Gasteiger partial charge < -0.3 is 10.2 Å². The fraction of sp³-hybridized carbons (Fsp3) is 0.625. The van der Waals surface area contributed by atoms with Crippen LogP contribution in [0.2, 0.25) is 0 Å². The third-order valence-electron chi connectivity index (χ3n) is 4.54. The second kappa shape index (κ2) is 6.38. The van der Waals surface area contributed by atoms with E-state index in [0.29, 0.717) is 6.04 Å². The van der Waals surface area contributed by atoms with Crippen molar-refractivity contribution < 1.29 is 4.79 Å². The fourth-order valence-electron chi connectivity index (χ4n) is 3.04. The second-order valence-corrected chi connectivity index (χ2v) is 7.27. The van der Waals surface area contributed by atoms with Gasteiger partial charge in [-0.1, -0.05) is 0 Å². The van der Waals surface area contributed by atoms with E-state index in [0.717, 1.165) is 36.6 Å². The maximum atomic E-state index is 12.5. The zero-order valence-electron chi connectivity index (χ0n) is 13.5. The molecule has 1 aliphatic heterocycles. The van der Waals surface area contributed by atoms with Crippen LogP contribution >= 0.6 is 11.3 Å². The zero-order valence-corrected chi connectivity index (χ0v) is 14.3. The lowest BCUT2D eigenvalue weighted by Gasteiger charge is -2.34. The molecule has 0 aromatic carbocycles. The first-order chi connectivity index (χ1) is 10.5. The van der Waals surface area contributed by atoms with Crippen LogP contribution in [0.3, 0.4) is 0 Å². The predicted octanol–water partition coefficient (Wildman–Crippen LogP) is 2.69. The molecule has 0 bridgehead atoms. The van der Waals surface area contributed by atoms with Gasteiger partial charge in [-0.25, -0.2) is 4.98 Å². The summed E-state index contributed by atoms with van der Waals surface area (Å²) in [6.07, 6.45) is 5.90. The van der Waals surface area contributed by atoms with Crippen molar-refractivity contribution in [3.05, 3.63) is 23.5 Å². The molecule has 6 heteroatoms. The van der Waals surface area contributed by atoms with Gasteiger partial charge in [0, 0.05) is 29.7 Å². The van der Waals surface area contributed by atoms with Gasteiger partial charge in [0.2, 0.25) is 5.91 Å². The summed E-state index contributed by atoms with van der Waals surface area (Å²) < 4.78 is 2.00. The lowest BCUT2D eigenvalue weighted by Crippen LogP contribution is -2.43. The first-order valence-corrected chi connectivity index (χ1v) is 8.89. The van der Waals surface area contributed by atoms with Crippen LogP contribution in [0.25, 0.3) is 4.96 Å². The number of carbonyl (C=O) groups is 1. The van der Waals surface area contributed by atoms with Crippen molar-refractivity contribution >= 4 is 22.2 Å². The van der Waals surface area contributed by atoms with Gasteiger partial charge in [0.05, 0.1) is 11.7 Å². The Labute approximate surface area is 135 Å². The maximum absolute atomic E-state index is 12.5. The molecule has 22 heavy (non-hydrogen) atoms. The molecule has 1 unspecified atom stereocenters. The number of rotatable bonds is 4. The zero-order chi connectivity index (χ0) is 15.7. The second-order valence-electron chi connectivity index (χ2n) is 6.39. The van der Waals surface area contributed by atoms with Gasteiger partial charge >= 0.3 is 0 Å². The summed E-state index contributed by atoms with van der Waals surface area (Å²) in [5.74, 6) is 0.313.